The normalized spacial score (nSPS) is 35.3. The van der Waals surface area contributed by atoms with Crippen molar-refractivity contribution in [1.29, 1.82) is 0 Å². The average molecular weight is 263 g/mol. The lowest BCUT2D eigenvalue weighted by Crippen LogP contribution is -2.38. The molecule has 5 nitrogen and oxygen atoms in total. The van der Waals surface area contributed by atoms with E-state index in [1.807, 2.05) is 12.1 Å². The largest absolute Gasteiger partial charge is 0.390 e. The summed E-state index contributed by atoms with van der Waals surface area (Å²) in [4.78, 5) is 6.46. The Hall–Kier alpha value is -1.17. The van der Waals surface area contributed by atoms with E-state index in [1.54, 1.807) is 6.20 Å². The summed E-state index contributed by atoms with van der Waals surface area (Å²) in [5, 5.41) is 19.5. The van der Waals surface area contributed by atoms with E-state index in [1.165, 1.54) is 0 Å². The lowest BCUT2D eigenvalue weighted by atomic mass is 9.79. The molecule has 2 heterocycles. The average Bonchev–Trinajstić information content (AvgIpc) is 2.74. The summed E-state index contributed by atoms with van der Waals surface area (Å²) in [7, 11) is 0. The van der Waals surface area contributed by atoms with Gasteiger partial charge in [0.2, 0.25) is 0 Å². The van der Waals surface area contributed by atoms with E-state index in [9.17, 15) is 10.2 Å². The highest BCUT2D eigenvalue weighted by molar-refractivity contribution is 5.38. The van der Waals surface area contributed by atoms with Crippen LogP contribution in [0.1, 0.15) is 18.4 Å². The topological polar surface area (TPSA) is 82.6 Å². The van der Waals surface area contributed by atoms with Crippen molar-refractivity contribution in [2.24, 2.45) is 11.8 Å². The fourth-order valence-corrected chi connectivity index (χ4v) is 3.46. The molecule has 0 aromatic carbocycles. The number of anilines is 1. The van der Waals surface area contributed by atoms with Gasteiger partial charge in [-0.1, -0.05) is 6.07 Å². The van der Waals surface area contributed by atoms with Gasteiger partial charge in [0, 0.05) is 31.4 Å². The predicted molar refractivity (Wildman–Crippen MR) is 72.2 cm³/mol. The van der Waals surface area contributed by atoms with Crippen LogP contribution < -0.4 is 5.73 Å². The Kier molecular flexibility index (Phi) is 3.43. The van der Waals surface area contributed by atoms with E-state index >= 15 is 0 Å². The molecule has 5 heteroatoms. The summed E-state index contributed by atoms with van der Waals surface area (Å²) in [5.41, 5.74) is 6.93. The SMILES string of the molecule is Nc1ncccc1CN1C[C@H]2C[C@H](O)[C@@H](O)C[C@H]2C1. The summed E-state index contributed by atoms with van der Waals surface area (Å²) in [6, 6.07) is 3.91. The van der Waals surface area contributed by atoms with Gasteiger partial charge in [0.1, 0.15) is 5.82 Å². The molecular formula is C14H21N3O2. The molecule has 2 aliphatic rings. The number of hydrogen-bond donors (Lipinski definition) is 3. The lowest BCUT2D eigenvalue weighted by Gasteiger charge is -2.32. The Bertz CT molecular complexity index is 436. The molecule has 1 aliphatic carbocycles. The van der Waals surface area contributed by atoms with E-state index in [2.05, 4.69) is 9.88 Å². The number of pyridine rings is 1. The standard InChI is InChI=1S/C14H21N3O2/c15-14-9(2-1-3-16-14)6-17-7-10-4-12(18)13(19)5-11(10)8-17/h1-3,10-13,18-19H,4-8H2,(H2,15,16)/t10-,11+,12-,13-/m0/s1. The molecule has 0 radical (unpaired) electrons. The Balaban J connectivity index is 1.65. The van der Waals surface area contributed by atoms with Gasteiger partial charge in [0.15, 0.2) is 0 Å². The highest BCUT2D eigenvalue weighted by atomic mass is 16.3. The highest BCUT2D eigenvalue weighted by Crippen LogP contribution is 2.37. The first-order chi connectivity index (χ1) is 9.13. The van der Waals surface area contributed by atoms with Gasteiger partial charge in [-0.3, -0.25) is 4.90 Å². The van der Waals surface area contributed by atoms with Gasteiger partial charge in [-0.2, -0.15) is 0 Å². The van der Waals surface area contributed by atoms with Crippen molar-refractivity contribution >= 4 is 5.82 Å². The third kappa shape index (κ3) is 2.59. The minimum absolute atomic E-state index is 0.497. The minimum Gasteiger partial charge on any atom is -0.390 e. The fraction of sp³-hybridized carbons (Fsp3) is 0.643. The maximum atomic E-state index is 9.75. The Morgan fingerprint density at radius 2 is 1.84 bits per heavy atom. The molecule has 19 heavy (non-hydrogen) atoms. The number of aromatic nitrogens is 1. The van der Waals surface area contributed by atoms with Crippen molar-refractivity contribution in [2.45, 2.75) is 31.6 Å². The van der Waals surface area contributed by atoms with Crippen LogP contribution >= 0.6 is 0 Å². The number of nitrogens with zero attached hydrogens (tertiary/aromatic N) is 2. The molecule has 0 bridgehead atoms. The molecule has 104 valence electrons. The van der Waals surface area contributed by atoms with Gasteiger partial charge in [-0.25, -0.2) is 4.98 Å². The number of aliphatic hydroxyl groups excluding tert-OH is 2. The van der Waals surface area contributed by atoms with Crippen LogP contribution in [0, 0.1) is 11.8 Å². The van der Waals surface area contributed by atoms with Crippen LogP contribution in [0.2, 0.25) is 0 Å². The maximum absolute atomic E-state index is 9.75. The van der Waals surface area contributed by atoms with E-state index in [-0.39, 0.29) is 0 Å². The summed E-state index contributed by atoms with van der Waals surface area (Å²) in [5.74, 6) is 1.59. The molecule has 2 fully saturated rings. The second-order valence-electron chi connectivity index (χ2n) is 5.87. The molecule has 1 aliphatic heterocycles. The molecule has 1 saturated carbocycles. The van der Waals surface area contributed by atoms with E-state index < -0.39 is 12.2 Å². The van der Waals surface area contributed by atoms with Crippen molar-refractivity contribution in [3.8, 4) is 0 Å². The van der Waals surface area contributed by atoms with Crippen LogP contribution in [0.3, 0.4) is 0 Å². The fourth-order valence-electron chi connectivity index (χ4n) is 3.46. The summed E-state index contributed by atoms with van der Waals surface area (Å²) in [6.07, 6.45) is 2.03. The first-order valence-corrected chi connectivity index (χ1v) is 6.91. The van der Waals surface area contributed by atoms with Gasteiger partial charge in [-0.15, -0.1) is 0 Å². The third-order valence-corrected chi connectivity index (χ3v) is 4.50. The van der Waals surface area contributed by atoms with Crippen LogP contribution in [0.5, 0.6) is 0 Å². The highest BCUT2D eigenvalue weighted by Gasteiger charge is 2.40. The van der Waals surface area contributed by atoms with Crippen LogP contribution in [-0.4, -0.2) is 45.4 Å². The third-order valence-electron chi connectivity index (χ3n) is 4.50. The molecule has 3 rings (SSSR count). The maximum Gasteiger partial charge on any atom is 0.127 e. The van der Waals surface area contributed by atoms with Gasteiger partial charge in [-0.05, 0) is 30.7 Å². The zero-order chi connectivity index (χ0) is 13.4. The Labute approximate surface area is 113 Å². The van der Waals surface area contributed by atoms with Crippen molar-refractivity contribution < 1.29 is 10.2 Å². The number of nitrogens with two attached hydrogens (primary N) is 1. The first-order valence-electron chi connectivity index (χ1n) is 6.91. The molecule has 4 N–H and O–H groups in total. The second kappa shape index (κ2) is 5.07. The molecule has 4 atom stereocenters. The number of likely N-dealkylation sites (tertiary alicyclic amines) is 1. The molecule has 0 unspecified atom stereocenters. The number of aliphatic hydroxyl groups is 2. The van der Waals surface area contributed by atoms with Gasteiger partial charge < -0.3 is 15.9 Å². The van der Waals surface area contributed by atoms with E-state index in [4.69, 9.17) is 5.73 Å². The molecule has 0 spiro atoms. The summed E-state index contributed by atoms with van der Waals surface area (Å²) < 4.78 is 0. The molecule has 1 saturated heterocycles. The first kappa shape index (κ1) is 12.8. The van der Waals surface area contributed by atoms with Gasteiger partial charge in [0.05, 0.1) is 12.2 Å². The zero-order valence-electron chi connectivity index (χ0n) is 10.9. The lowest BCUT2D eigenvalue weighted by molar-refractivity contribution is -0.0372. The monoisotopic (exact) mass is 263 g/mol. The molecule has 1 aromatic rings. The van der Waals surface area contributed by atoms with Crippen LogP contribution in [0.25, 0.3) is 0 Å². The Morgan fingerprint density at radius 1 is 1.21 bits per heavy atom. The number of nitrogen functional groups attached to an aromatic ring is 1. The molecule has 1 aromatic heterocycles. The second-order valence-corrected chi connectivity index (χ2v) is 5.87. The number of fused-ring (bicyclic) bond motifs is 1. The quantitative estimate of drug-likeness (QED) is 0.711. The summed E-state index contributed by atoms with van der Waals surface area (Å²) in [6.45, 7) is 2.75. The van der Waals surface area contributed by atoms with E-state index in [0.717, 1.165) is 25.2 Å². The molecular weight excluding hydrogens is 242 g/mol. The minimum atomic E-state index is -0.551. The van der Waals surface area contributed by atoms with Crippen LogP contribution in [0.4, 0.5) is 5.82 Å². The van der Waals surface area contributed by atoms with Gasteiger partial charge >= 0.3 is 0 Å². The van der Waals surface area contributed by atoms with Crippen molar-refractivity contribution in [3.05, 3.63) is 23.9 Å². The van der Waals surface area contributed by atoms with E-state index in [0.29, 0.717) is 30.5 Å². The van der Waals surface area contributed by atoms with Gasteiger partial charge in [0.25, 0.3) is 0 Å². The van der Waals surface area contributed by atoms with Crippen molar-refractivity contribution in [2.75, 3.05) is 18.8 Å². The van der Waals surface area contributed by atoms with Crippen molar-refractivity contribution in [1.82, 2.24) is 9.88 Å². The molecule has 0 amide bonds. The number of hydrogen-bond acceptors (Lipinski definition) is 5. The van der Waals surface area contributed by atoms with Crippen molar-refractivity contribution in [3.63, 3.8) is 0 Å². The number of rotatable bonds is 2. The predicted octanol–water partition coefficient (Wildman–Crippen LogP) is 0.227. The van der Waals surface area contributed by atoms with Crippen LogP contribution in [0.15, 0.2) is 18.3 Å². The zero-order valence-corrected chi connectivity index (χ0v) is 10.9. The summed E-state index contributed by atoms with van der Waals surface area (Å²) >= 11 is 0. The smallest absolute Gasteiger partial charge is 0.127 e. The van der Waals surface area contributed by atoms with Crippen LogP contribution in [-0.2, 0) is 6.54 Å². The Morgan fingerprint density at radius 3 is 2.42 bits per heavy atom.